The highest BCUT2D eigenvalue weighted by Gasteiger charge is 2.35. The molecule has 1 N–H and O–H groups in total. The Hall–Kier alpha value is -2.97. The first-order valence-electron chi connectivity index (χ1n) is 10.3. The molecular formula is C22H26FN7. The molecule has 5 rings (SSSR count). The van der Waals surface area contributed by atoms with Crippen molar-refractivity contribution in [2.24, 2.45) is 4.99 Å². The minimum absolute atomic E-state index is 0.191. The average Bonchev–Trinajstić information content (AvgIpc) is 3.14. The van der Waals surface area contributed by atoms with Crippen LogP contribution in [0.3, 0.4) is 0 Å². The molecule has 2 aromatic carbocycles. The van der Waals surface area contributed by atoms with E-state index in [0.717, 1.165) is 54.7 Å². The van der Waals surface area contributed by atoms with Crippen molar-refractivity contribution in [3.05, 3.63) is 59.9 Å². The number of imidazole rings is 1. The van der Waals surface area contributed by atoms with Gasteiger partial charge in [-0.05, 0) is 56.9 Å². The summed E-state index contributed by atoms with van der Waals surface area (Å²) in [5.74, 6) is 1.44. The number of para-hydroxylation sites is 2. The number of hydrogen-bond donors (Lipinski definition) is 1. The lowest BCUT2D eigenvalue weighted by molar-refractivity contribution is 0.254. The van der Waals surface area contributed by atoms with Crippen molar-refractivity contribution in [1.29, 1.82) is 0 Å². The van der Waals surface area contributed by atoms with Crippen LogP contribution in [0.4, 0.5) is 10.3 Å². The maximum Gasteiger partial charge on any atom is 0.216 e. The predicted octanol–water partition coefficient (Wildman–Crippen LogP) is 2.67. The fourth-order valence-corrected chi connectivity index (χ4v) is 4.14. The van der Waals surface area contributed by atoms with E-state index < -0.39 is 0 Å². The highest BCUT2D eigenvalue weighted by molar-refractivity contribution is 5.98. The van der Waals surface area contributed by atoms with Crippen LogP contribution in [-0.4, -0.2) is 65.8 Å². The Balaban J connectivity index is 1.52. The normalized spacial score (nSPS) is 18.9. The third-order valence-corrected chi connectivity index (χ3v) is 5.63. The van der Waals surface area contributed by atoms with Crippen molar-refractivity contribution < 1.29 is 4.39 Å². The van der Waals surface area contributed by atoms with E-state index in [4.69, 9.17) is 9.98 Å². The zero-order valence-electron chi connectivity index (χ0n) is 17.3. The Morgan fingerprint density at radius 3 is 2.73 bits per heavy atom. The molecule has 0 unspecified atom stereocenters. The van der Waals surface area contributed by atoms with E-state index in [-0.39, 0.29) is 12.0 Å². The lowest BCUT2D eigenvalue weighted by Gasteiger charge is -2.41. The zero-order chi connectivity index (χ0) is 20.7. The van der Waals surface area contributed by atoms with Crippen LogP contribution in [-0.2, 0) is 0 Å². The largest absolute Gasteiger partial charge is 0.331 e. The van der Waals surface area contributed by atoms with Gasteiger partial charge in [0.15, 0.2) is 0 Å². The van der Waals surface area contributed by atoms with Crippen molar-refractivity contribution in [2.45, 2.75) is 12.6 Å². The molecule has 2 aliphatic heterocycles. The van der Waals surface area contributed by atoms with Crippen LogP contribution in [0.15, 0.2) is 53.5 Å². The van der Waals surface area contributed by atoms with Gasteiger partial charge in [-0.1, -0.05) is 24.3 Å². The van der Waals surface area contributed by atoms with Gasteiger partial charge in [0.25, 0.3) is 0 Å². The van der Waals surface area contributed by atoms with E-state index in [1.807, 2.05) is 30.3 Å². The summed E-state index contributed by atoms with van der Waals surface area (Å²) in [6.07, 6.45) is 0.900. The molecule has 3 heterocycles. The van der Waals surface area contributed by atoms with Crippen molar-refractivity contribution in [2.75, 3.05) is 45.4 Å². The van der Waals surface area contributed by atoms with E-state index >= 15 is 0 Å². The molecule has 30 heavy (non-hydrogen) atoms. The average molecular weight is 407 g/mol. The van der Waals surface area contributed by atoms with Crippen LogP contribution in [0, 0.1) is 5.82 Å². The Morgan fingerprint density at radius 2 is 1.93 bits per heavy atom. The number of benzene rings is 2. The predicted molar refractivity (Wildman–Crippen MR) is 117 cm³/mol. The maximum atomic E-state index is 13.5. The molecule has 0 saturated heterocycles. The number of nitrogens with zero attached hydrogens (tertiary/aromatic N) is 6. The summed E-state index contributed by atoms with van der Waals surface area (Å²) in [5.41, 5.74) is 2.95. The molecule has 156 valence electrons. The number of fused-ring (bicyclic) bond motifs is 5. The first-order chi connectivity index (χ1) is 14.6. The minimum atomic E-state index is -0.240. The number of hydrogen-bond acceptors (Lipinski definition) is 6. The molecular weight excluding hydrogens is 381 g/mol. The second kappa shape index (κ2) is 7.70. The Morgan fingerprint density at radius 1 is 1.13 bits per heavy atom. The first-order valence-corrected chi connectivity index (χ1v) is 10.3. The van der Waals surface area contributed by atoms with Crippen LogP contribution >= 0.6 is 0 Å². The van der Waals surface area contributed by atoms with Gasteiger partial charge in [-0.2, -0.15) is 0 Å². The van der Waals surface area contributed by atoms with Crippen molar-refractivity contribution >= 4 is 22.9 Å². The number of nitrogens with one attached hydrogen (secondary N) is 1. The van der Waals surface area contributed by atoms with Gasteiger partial charge in [0.1, 0.15) is 12.0 Å². The summed E-state index contributed by atoms with van der Waals surface area (Å²) in [4.78, 5) is 16.4. The molecule has 0 saturated carbocycles. The number of guanidine groups is 1. The summed E-state index contributed by atoms with van der Waals surface area (Å²) >= 11 is 0. The van der Waals surface area contributed by atoms with Crippen LogP contribution < -0.4 is 10.2 Å². The zero-order valence-corrected chi connectivity index (χ0v) is 17.3. The number of aromatic nitrogens is 2. The van der Waals surface area contributed by atoms with Crippen LogP contribution in [0.5, 0.6) is 0 Å². The molecule has 1 atom stereocenters. The van der Waals surface area contributed by atoms with Gasteiger partial charge < -0.3 is 10.2 Å². The third kappa shape index (κ3) is 3.42. The molecule has 0 bridgehead atoms. The van der Waals surface area contributed by atoms with Crippen molar-refractivity contribution in [3.63, 3.8) is 0 Å². The Kier molecular flexibility index (Phi) is 4.88. The Labute approximate surface area is 175 Å². The van der Waals surface area contributed by atoms with Gasteiger partial charge in [-0.15, -0.1) is 0 Å². The minimum Gasteiger partial charge on any atom is -0.331 e. The summed E-state index contributed by atoms with van der Waals surface area (Å²) in [7, 11) is 4.19. The molecule has 8 heteroatoms. The van der Waals surface area contributed by atoms with E-state index in [1.54, 1.807) is 0 Å². The summed E-state index contributed by atoms with van der Waals surface area (Å²) in [5, 5.41) is 3.56. The summed E-state index contributed by atoms with van der Waals surface area (Å²) in [6.45, 7) is 3.42. The highest BCUT2D eigenvalue weighted by atomic mass is 19.1. The number of aliphatic imine (C=N–C) groups is 1. The fourth-order valence-electron chi connectivity index (χ4n) is 4.14. The third-order valence-electron chi connectivity index (χ3n) is 5.63. The summed E-state index contributed by atoms with van der Waals surface area (Å²) < 4.78 is 15.7. The van der Waals surface area contributed by atoms with E-state index in [2.05, 4.69) is 44.7 Å². The fraction of sp³-hybridized carbons (Fsp3) is 0.364. The molecule has 3 aromatic rings. The van der Waals surface area contributed by atoms with Crippen molar-refractivity contribution in [3.8, 4) is 0 Å². The van der Waals surface area contributed by atoms with Gasteiger partial charge in [0, 0.05) is 6.54 Å². The smallest absolute Gasteiger partial charge is 0.216 e. The van der Waals surface area contributed by atoms with Gasteiger partial charge in [-0.25, -0.2) is 14.4 Å². The topological polar surface area (TPSA) is 51.9 Å². The van der Waals surface area contributed by atoms with Crippen LogP contribution in [0.2, 0.25) is 0 Å². The van der Waals surface area contributed by atoms with Crippen molar-refractivity contribution in [1.82, 2.24) is 24.7 Å². The number of rotatable bonds is 5. The standard InChI is InChI=1S/C22H26FN7/c1-27(2)12-5-13-28-14-24-21-26-20(16-8-10-17(23)11-9-16)30-19-7-4-3-6-18(19)25-22(30)29(21)15-28/h3-4,6-11,20H,5,12-15H2,1-2H3,(H,24,26)/t20-/m1/s1. The molecule has 1 aromatic heterocycles. The lowest BCUT2D eigenvalue weighted by Crippen LogP contribution is -2.57. The molecule has 0 aliphatic carbocycles. The molecule has 2 aliphatic rings. The second-order valence-electron chi connectivity index (χ2n) is 8.11. The first kappa shape index (κ1) is 19.0. The Bertz CT molecular complexity index is 1070. The lowest BCUT2D eigenvalue weighted by atomic mass is 10.1. The van der Waals surface area contributed by atoms with Gasteiger partial charge >= 0.3 is 0 Å². The van der Waals surface area contributed by atoms with E-state index in [0.29, 0.717) is 6.67 Å². The monoisotopic (exact) mass is 407 g/mol. The molecule has 0 fully saturated rings. The second-order valence-corrected chi connectivity index (χ2v) is 8.11. The number of anilines is 1. The number of halogens is 1. The van der Waals surface area contributed by atoms with Gasteiger partial charge in [0.05, 0.1) is 24.4 Å². The van der Waals surface area contributed by atoms with Crippen LogP contribution in [0.25, 0.3) is 11.0 Å². The SMILES string of the molecule is CN(C)CCCN1CN=C2N[C@@H](c3ccc(F)cc3)n3c(nc4ccccc43)N2C1. The van der Waals surface area contributed by atoms with E-state index in [9.17, 15) is 4.39 Å². The molecule has 0 amide bonds. The summed E-state index contributed by atoms with van der Waals surface area (Å²) in [6, 6.07) is 14.8. The quantitative estimate of drug-likeness (QED) is 0.705. The van der Waals surface area contributed by atoms with Gasteiger partial charge in [0.2, 0.25) is 11.9 Å². The van der Waals surface area contributed by atoms with Crippen LogP contribution in [0.1, 0.15) is 18.2 Å². The van der Waals surface area contributed by atoms with Gasteiger partial charge in [-0.3, -0.25) is 14.4 Å². The van der Waals surface area contributed by atoms with E-state index in [1.165, 1.54) is 12.1 Å². The molecule has 7 nitrogen and oxygen atoms in total. The molecule has 0 spiro atoms. The molecule has 0 radical (unpaired) electrons. The maximum absolute atomic E-state index is 13.5. The highest BCUT2D eigenvalue weighted by Crippen LogP contribution is 2.33.